The van der Waals surface area contributed by atoms with Crippen LogP contribution in [0.4, 0.5) is 0 Å². The molecular formula is C15H13ClINO. The highest BCUT2D eigenvalue weighted by atomic mass is 127. The molecule has 2 nitrogen and oxygen atoms in total. The fourth-order valence-electron chi connectivity index (χ4n) is 1.75. The van der Waals surface area contributed by atoms with Crippen molar-refractivity contribution in [1.82, 2.24) is 5.32 Å². The van der Waals surface area contributed by atoms with Crippen LogP contribution < -0.4 is 5.32 Å². The molecule has 0 fully saturated rings. The van der Waals surface area contributed by atoms with Gasteiger partial charge in [0.05, 0.1) is 11.6 Å². The second kappa shape index (κ2) is 6.39. The van der Waals surface area contributed by atoms with E-state index in [1.165, 1.54) is 0 Å². The zero-order valence-corrected chi connectivity index (χ0v) is 13.3. The molecule has 1 atom stereocenters. The lowest BCUT2D eigenvalue weighted by Gasteiger charge is -2.15. The van der Waals surface area contributed by atoms with Gasteiger partial charge in [0.25, 0.3) is 5.91 Å². The first-order chi connectivity index (χ1) is 9.08. The van der Waals surface area contributed by atoms with Gasteiger partial charge in [-0.15, -0.1) is 0 Å². The summed E-state index contributed by atoms with van der Waals surface area (Å²) in [4.78, 5) is 12.2. The average molecular weight is 386 g/mol. The summed E-state index contributed by atoms with van der Waals surface area (Å²) in [6.45, 7) is 1.96. The summed E-state index contributed by atoms with van der Waals surface area (Å²) in [5.74, 6) is -0.0625. The predicted molar refractivity (Wildman–Crippen MR) is 86.5 cm³/mol. The van der Waals surface area contributed by atoms with Crippen molar-refractivity contribution >= 4 is 40.1 Å². The Morgan fingerprint density at radius 2 is 1.79 bits per heavy atom. The number of amides is 1. The third-order valence-electron chi connectivity index (χ3n) is 2.84. The van der Waals surface area contributed by atoms with Crippen LogP contribution in [0, 0.1) is 3.57 Å². The van der Waals surface area contributed by atoms with Crippen LogP contribution in [0.15, 0.2) is 48.5 Å². The lowest BCUT2D eigenvalue weighted by atomic mass is 10.1. The number of hydrogen-bond donors (Lipinski definition) is 1. The SMILES string of the molecule is CC(NC(=O)c1ccccc1I)c1ccc(Cl)cc1. The summed E-state index contributed by atoms with van der Waals surface area (Å²) in [6, 6.07) is 15.0. The normalized spacial score (nSPS) is 11.9. The molecule has 2 aromatic rings. The van der Waals surface area contributed by atoms with E-state index in [1.807, 2.05) is 55.5 Å². The number of benzene rings is 2. The Balaban J connectivity index is 2.11. The average Bonchev–Trinajstić information content (AvgIpc) is 2.39. The van der Waals surface area contributed by atoms with Crippen molar-refractivity contribution in [2.24, 2.45) is 0 Å². The smallest absolute Gasteiger partial charge is 0.252 e. The number of carbonyl (C=O) groups excluding carboxylic acids is 1. The van der Waals surface area contributed by atoms with Crippen molar-refractivity contribution in [3.05, 3.63) is 68.3 Å². The lowest BCUT2D eigenvalue weighted by Crippen LogP contribution is -2.27. The van der Waals surface area contributed by atoms with Gasteiger partial charge in [0.1, 0.15) is 0 Å². The molecule has 0 aliphatic carbocycles. The molecule has 0 saturated heterocycles. The summed E-state index contributed by atoms with van der Waals surface area (Å²) in [5.41, 5.74) is 1.73. The van der Waals surface area contributed by atoms with Gasteiger partial charge >= 0.3 is 0 Å². The zero-order chi connectivity index (χ0) is 13.8. The molecule has 4 heteroatoms. The van der Waals surface area contributed by atoms with Crippen LogP contribution in [0.5, 0.6) is 0 Å². The van der Waals surface area contributed by atoms with Crippen LogP contribution in [0.2, 0.25) is 5.02 Å². The van der Waals surface area contributed by atoms with E-state index in [-0.39, 0.29) is 11.9 Å². The third-order valence-corrected chi connectivity index (χ3v) is 4.03. The molecule has 0 aliphatic heterocycles. The van der Waals surface area contributed by atoms with Gasteiger partial charge in [-0.25, -0.2) is 0 Å². The van der Waals surface area contributed by atoms with Crippen LogP contribution in [0.25, 0.3) is 0 Å². The molecule has 1 unspecified atom stereocenters. The molecule has 0 aliphatic rings. The highest BCUT2D eigenvalue weighted by Gasteiger charge is 2.13. The van der Waals surface area contributed by atoms with E-state index in [0.717, 1.165) is 9.13 Å². The van der Waals surface area contributed by atoms with Crippen LogP contribution in [-0.4, -0.2) is 5.91 Å². The van der Waals surface area contributed by atoms with Gasteiger partial charge in [-0.05, 0) is 59.3 Å². The molecule has 0 saturated carbocycles. The van der Waals surface area contributed by atoms with Gasteiger partial charge in [-0.3, -0.25) is 4.79 Å². The monoisotopic (exact) mass is 385 g/mol. The van der Waals surface area contributed by atoms with Gasteiger partial charge in [-0.1, -0.05) is 35.9 Å². The second-order valence-corrected chi connectivity index (χ2v) is 5.83. The van der Waals surface area contributed by atoms with Crippen molar-refractivity contribution in [1.29, 1.82) is 0 Å². The first-order valence-electron chi connectivity index (χ1n) is 5.89. The molecule has 1 N–H and O–H groups in total. The number of nitrogens with one attached hydrogen (secondary N) is 1. The minimum Gasteiger partial charge on any atom is -0.345 e. The maximum atomic E-state index is 12.2. The molecule has 98 valence electrons. The van der Waals surface area contributed by atoms with Crippen molar-refractivity contribution in [2.45, 2.75) is 13.0 Å². The van der Waals surface area contributed by atoms with Gasteiger partial charge in [0.2, 0.25) is 0 Å². The number of rotatable bonds is 3. The topological polar surface area (TPSA) is 29.1 Å². The maximum absolute atomic E-state index is 12.2. The number of carbonyl (C=O) groups is 1. The van der Waals surface area contributed by atoms with Gasteiger partial charge in [0.15, 0.2) is 0 Å². The molecule has 0 spiro atoms. The standard InChI is InChI=1S/C15H13ClINO/c1-10(11-6-8-12(16)9-7-11)18-15(19)13-4-2-3-5-14(13)17/h2-10H,1H3,(H,18,19). The van der Waals surface area contributed by atoms with E-state index in [2.05, 4.69) is 27.9 Å². The van der Waals surface area contributed by atoms with E-state index < -0.39 is 0 Å². The summed E-state index contributed by atoms with van der Waals surface area (Å²) < 4.78 is 0.945. The lowest BCUT2D eigenvalue weighted by molar-refractivity contribution is 0.0939. The summed E-state index contributed by atoms with van der Waals surface area (Å²) in [6.07, 6.45) is 0. The first-order valence-corrected chi connectivity index (χ1v) is 7.34. The minimum absolute atomic E-state index is 0.0548. The fraction of sp³-hybridized carbons (Fsp3) is 0.133. The van der Waals surface area contributed by atoms with Crippen LogP contribution >= 0.6 is 34.2 Å². The van der Waals surface area contributed by atoms with E-state index >= 15 is 0 Å². The molecule has 0 aromatic heterocycles. The second-order valence-electron chi connectivity index (χ2n) is 4.23. The Labute approximate surface area is 131 Å². The van der Waals surface area contributed by atoms with E-state index in [0.29, 0.717) is 10.6 Å². The molecule has 0 heterocycles. The Kier molecular flexibility index (Phi) is 4.82. The first kappa shape index (κ1) is 14.3. The van der Waals surface area contributed by atoms with Crippen LogP contribution in [0.1, 0.15) is 28.9 Å². The van der Waals surface area contributed by atoms with E-state index in [4.69, 9.17) is 11.6 Å². The quantitative estimate of drug-likeness (QED) is 0.778. The summed E-state index contributed by atoms with van der Waals surface area (Å²) in [5, 5.41) is 3.68. The molecular weight excluding hydrogens is 373 g/mol. The largest absolute Gasteiger partial charge is 0.345 e. The highest BCUT2D eigenvalue weighted by molar-refractivity contribution is 14.1. The van der Waals surface area contributed by atoms with Gasteiger partial charge < -0.3 is 5.32 Å². The van der Waals surface area contributed by atoms with Crippen LogP contribution in [0.3, 0.4) is 0 Å². The Hall–Kier alpha value is -1.07. The van der Waals surface area contributed by atoms with Gasteiger partial charge in [-0.2, -0.15) is 0 Å². The Morgan fingerprint density at radius 1 is 1.16 bits per heavy atom. The predicted octanol–water partition coefficient (Wildman–Crippen LogP) is 4.44. The van der Waals surface area contributed by atoms with Crippen molar-refractivity contribution in [3.63, 3.8) is 0 Å². The van der Waals surface area contributed by atoms with Crippen molar-refractivity contribution in [2.75, 3.05) is 0 Å². The molecule has 2 rings (SSSR count). The highest BCUT2D eigenvalue weighted by Crippen LogP contribution is 2.18. The van der Waals surface area contributed by atoms with Crippen molar-refractivity contribution < 1.29 is 4.79 Å². The minimum atomic E-state index is -0.0625. The molecule has 1 amide bonds. The number of hydrogen-bond acceptors (Lipinski definition) is 1. The zero-order valence-electron chi connectivity index (χ0n) is 10.4. The molecule has 0 radical (unpaired) electrons. The fourth-order valence-corrected chi connectivity index (χ4v) is 2.51. The molecule has 19 heavy (non-hydrogen) atoms. The molecule has 2 aromatic carbocycles. The van der Waals surface area contributed by atoms with Crippen LogP contribution in [-0.2, 0) is 0 Å². The Bertz CT molecular complexity index is 583. The Morgan fingerprint density at radius 3 is 2.42 bits per heavy atom. The molecule has 0 bridgehead atoms. The van der Waals surface area contributed by atoms with E-state index in [1.54, 1.807) is 0 Å². The van der Waals surface area contributed by atoms with Crippen molar-refractivity contribution in [3.8, 4) is 0 Å². The summed E-state index contributed by atoms with van der Waals surface area (Å²) in [7, 11) is 0. The van der Waals surface area contributed by atoms with E-state index in [9.17, 15) is 4.79 Å². The van der Waals surface area contributed by atoms with Gasteiger partial charge in [0, 0.05) is 8.59 Å². The maximum Gasteiger partial charge on any atom is 0.252 e. The summed E-state index contributed by atoms with van der Waals surface area (Å²) >= 11 is 8.01. The third kappa shape index (κ3) is 3.70. The number of halogens is 2.